The number of thiophene rings is 1. The minimum absolute atomic E-state index is 0.199. The molecule has 3 rings (SSSR count). The third-order valence-electron chi connectivity index (χ3n) is 3.25. The highest BCUT2D eigenvalue weighted by molar-refractivity contribution is 7.23. The van der Waals surface area contributed by atoms with E-state index in [2.05, 4.69) is 4.98 Å². The van der Waals surface area contributed by atoms with Gasteiger partial charge < -0.3 is 10.8 Å². The van der Waals surface area contributed by atoms with Gasteiger partial charge in [0.2, 0.25) is 0 Å². The fraction of sp³-hybridized carbons (Fsp3) is 0.0667. The zero-order valence-corrected chi connectivity index (χ0v) is 11.6. The Bertz CT molecular complexity index is 810. The molecule has 0 atom stereocenters. The lowest BCUT2D eigenvalue weighted by atomic mass is 10.1. The van der Waals surface area contributed by atoms with E-state index in [9.17, 15) is 9.90 Å². The summed E-state index contributed by atoms with van der Waals surface area (Å²) in [4.78, 5) is 16.3. The van der Waals surface area contributed by atoms with Crippen LogP contribution >= 0.6 is 11.3 Å². The van der Waals surface area contributed by atoms with E-state index in [-0.39, 0.29) is 5.56 Å². The Labute approximate surface area is 119 Å². The molecule has 0 aliphatic heterocycles. The number of anilines is 1. The molecule has 2 aromatic heterocycles. The molecule has 0 spiro atoms. The van der Waals surface area contributed by atoms with Crippen molar-refractivity contribution in [1.82, 2.24) is 4.98 Å². The summed E-state index contributed by atoms with van der Waals surface area (Å²) >= 11 is 1.45. The van der Waals surface area contributed by atoms with Gasteiger partial charge in [0.1, 0.15) is 5.82 Å². The quantitative estimate of drug-likeness (QED) is 0.754. The van der Waals surface area contributed by atoms with E-state index in [1.807, 2.05) is 37.3 Å². The fourth-order valence-corrected chi connectivity index (χ4v) is 3.61. The van der Waals surface area contributed by atoms with E-state index in [1.165, 1.54) is 17.5 Å². The van der Waals surface area contributed by atoms with Crippen molar-refractivity contribution in [3.8, 4) is 10.4 Å². The van der Waals surface area contributed by atoms with E-state index in [1.54, 1.807) is 0 Å². The molecule has 0 aliphatic carbocycles. The molecule has 3 N–H and O–H groups in total. The first-order chi connectivity index (χ1) is 9.59. The Morgan fingerprint density at radius 3 is 2.65 bits per heavy atom. The third-order valence-corrected chi connectivity index (χ3v) is 4.62. The smallest absolute Gasteiger partial charge is 0.338 e. The number of nitrogen functional groups attached to an aromatic ring is 1. The number of aromatic carboxylic acids is 1. The SMILES string of the molecule is Cc1c(-c2ccccc2)sc2c(C(=O)O)cnc(N)c12. The second-order valence-corrected chi connectivity index (χ2v) is 5.51. The van der Waals surface area contributed by atoms with Crippen molar-refractivity contribution in [2.24, 2.45) is 0 Å². The molecular formula is C15H12N2O2S. The van der Waals surface area contributed by atoms with Gasteiger partial charge in [-0.2, -0.15) is 0 Å². The fourth-order valence-electron chi connectivity index (χ4n) is 2.29. The summed E-state index contributed by atoms with van der Waals surface area (Å²) < 4.78 is 0.682. The molecule has 100 valence electrons. The van der Waals surface area contributed by atoms with Crippen molar-refractivity contribution in [2.75, 3.05) is 5.73 Å². The number of aromatic nitrogens is 1. The van der Waals surface area contributed by atoms with Gasteiger partial charge in [-0.25, -0.2) is 9.78 Å². The molecule has 1 aromatic carbocycles. The number of aryl methyl sites for hydroxylation is 1. The van der Waals surface area contributed by atoms with E-state index in [4.69, 9.17) is 5.73 Å². The number of carboxylic acid groups (broad SMARTS) is 1. The Kier molecular flexibility index (Phi) is 2.91. The van der Waals surface area contributed by atoms with Crippen LogP contribution < -0.4 is 5.73 Å². The van der Waals surface area contributed by atoms with Gasteiger partial charge in [-0.3, -0.25) is 0 Å². The van der Waals surface area contributed by atoms with E-state index in [0.29, 0.717) is 10.5 Å². The van der Waals surface area contributed by atoms with Gasteiger partial charge in [-0.1, -0.05) is 30.3 Å². The van der Waals surface area contributed by atoms with Crippen LogP contribution in [0.5, 0.6) is 0 Å². The molecule has 2 heterocycles. The number of hydrogen-bond donors (Lipinski definition) is 2. The highest BCUT2D eigenvalue weighted by Gasteiger charge is 2.19. The Morgan fingerprint density at radius 2 is 2.00 bits per heavy atom. The molecule has 4 nitrogen and oxygen atoms in total. The van der Waals surface area contributed by atoms with Crippen LogP contribution in [-0.2, 0) is 0 Å². The molecule has 3 aromatic rings. The van der Waals surface area contributed by atoms with Gasteiger partial charge in [0, 0.05) is 16.5 Å². The predicted molar refractivity (Wildman–Crippen MR) is 81.2 cm³/mol. The standard InChI is InChI=1S/C15H12N2O2S/c1-8-11-13(10(15(18)19)7-17-14(11)16)20-12(8)9-5-3-2-4-6-9/h2-7H,1H3,(H2,16,17)(H,18,19). The summed E-state index contributed by atoms with van der Waals surface area (Å²) in [5.74, 6) is -0.607. The van der Waals surface area contributed by atoms with Gasteiger partial charge in [0.05, 0.1) is 10.3 Å². The average Bonchev–Trinajstić information content (AvgIpc) is 2.78. The third kappa shape index (κ3) is 1.83. The average molecular weight is 284 g/mol. The van der Waals surface area contributed by atoms with Crippen LogP contribution in [0.3, 0.4) is 0 Å². The maximum Gasteiger partial charge on any atom is 0.338 e. The molecule has 5 heteroatoms. The molecule has 0 aliphatic rings. The Balaban J connectivity index is 2.38. The van der Waals surface area contributed by atoms with E-state index >= 15 is 0 Å². The lowest BCUT2D eigenvalue weighted by Gasteiger charge is -2.01. The zero-order valence-electron chi connectivity index (χ0n) is 10.8. The molecule has 0 radical (unpaired) electrons. The van der Waals surface area contributed by atoms with Crippen molar-refractivity contribution in [1.29, 1.82) is 0 Å². The van der Waals surface area contributed by atoms with Crippen LogP contribution in [0, 0.1) is 6.92 Å². The highest BCUT2D eigenvalue weighted by atomic mass is 32.1. The van der Waals surface area contributed by atoms with Crippen molar-refractivity contribution >= 4 is 33.2 Å². The topological polar surface area (TPSA) is 76.2 Å². The first kappa shape index (κ1) is 12.6. The monoisotopic (exact) mass is 284 g/mol. The summed E-state index contributed by atoms with van der Waals surface area (Å²) in [5.41, 5.74) is 8.15. The molecule has 0 unspecified atom stereocenters. The molecule has 0 saturated heterocycles. The minimum Gasteiger partial charge on any atom is -0.478 e. The number of benzene rings is 1. The van der Waals surface area contributed by atoms with Crippen LogP contribution in [0.1, 0.15) is 15.9 Å². The number of carboxylic acids is 1. The van der Waals surface area contributed by atoms with Crippen molar-refractivity contribution in [3.63, 3.8) is 0 Å². The van der Waals surface area contributed by atoms with Gasteiger partial charge in [-0.05, 0) is 18.1 Å². The first-order valence-electron chi connectivity index (χ1n) is 6.06. The number of carbonyl (C=O) groups is 1. The zero-order chi connectivity index (χ0) is 14.3. The lowest BCUT2D eigenvalue weighted by Crippen LogP contribution is -2.00. The molecular weight excluding hydrogens is 272 g/mol. The lowest BCUT2D eigenvalue weighted by molar-refractivity contribution is 0.0699. The Hall–Kier alpha value is -2.40. The number of nitrogens with two attached hydrogens (primary N) is 1. The normalized spacial score (nSPS) is 10.8. The van der Waals surface area contributed by atoms with Gasteiger partial charge in [0.25, 0.3) is 0 Å². The largest absolute Gasteiger partial charge is 0.478 e. The Morgan fingerprint density at radius 1 is 1.30 bits per heavy atom. The molecule has 20 heavy (non-hydrogen) atoms. The van der Waals surface area contributed by atoms with Crippen LogP contribution in [0.15, 0.2) is 36.5 Å². The molecule has 0 fully saturated rings. The molecule has 0 amide bonds. The minimum atomic E-state index is -0.983. The van der Waals surface area contributed by atoms with Gasteiger partial charge in [0.15, 0.2) is 0 Å². The number of pyridine rings is 1. The maximum absolute atomic E-state index is 11.3. The first-order valence-corrected chi connectivity index (χ1v) is 6.87. The summed E-state index contributed by atoms with van der Waals surface area (Å²) in [6.07, 6.45) is 1.32. The number of nitrogens with zero attached hydrogens (tertiary/aromatic N) is 1. The van der Waals surface area contributed by atoms with E-state index < -0.39 is 5.97 Å². The molecule has 0 bridgehead atoms. The van der Waals surface area contributed by atoms with Gasteiger partial charge >= 0.3 is 5.97 Å². The summed E-state index contributed by atoms with van der Waals surface area (Å²) in [6, 6.07) is 9.87. The van der Waals surface area contributed by atoms with Crippen LogP contribution in [-0.4, -0.2) is 16.1 Å². The van der Waals surface area contributed by atoms with Crippen molar-refractivity contribution < 1.29 is 9.90 Å². The van der Waals surface area contributed by atoms with Crippen LogP contribution in [0.2, 0.25) is 0 Å². The van der Waals surface area contributed by atoms with Crippen molar-refractivity contribution in [3.05, 3.63) is 47.7 Å². The molecule has 0 saturated carbocycles. The highest BCUT2D eigenvalue weighted by Crippen LogP contribution is 2.41. The second-order valence-electron chi connectivity index (χ2n) is 4.49. The van der Waals surface area contributed by atoms with Gasteiger partial charge in [-0.15, -0.1) is 11.3 Å². The summed E-state index contributed by atoms with van der Waals surface area (Å²) in [5, 5.41) is 10.0. The second kappa shape index (κ2) is 4.61. The van der Waals surface area contributed by atoms with Crippen LogP contribution in [0.25, 0.3) is 20.5 Å². The maximum atomic E-state index is 11.3. The number of fused-ring (bicyclic) bond motifs is 1. The number of hydrogen-bond acceptors (Lipinski definition) is 4. The van der Waals surface area contributed by atoms with Crippen molar-refractivity contribution in [2.45, 2.75) is 6.92 Å². The summed E-state index contributed by atoms with van der Waals surface area (Å²) in [7, 11) is 0. The summed E-state index contributed by atoms with van der Waals surface area (Å²) in [6.45, 7) is 1.95. The predicted octanol–water partition coefficient (Wildman–Crippen LogP) is 3.55. The van der Waals surface area contributed by atoms with E-state index in [0.717, 1.165) is 21.4 Å². The van der Waals surface area contributed by atoms with Crippen LogP contribution in [0.4, 0.5) is 5.82 Å². The number of rotatable bonds is 2.